The number of carbonyl (C=O) groups is 1. The summed E-state index contributed by atoms with van der Waals surface area (Å²) in [6.07, 6.45) is 3.28. The fraction of sp³-hybridized carbons (Fsp3) is 0.947. The van der Waals surface area contributed by atoms with Gasteiger partial charge in [-0.25, -0.2) is 4.79 Å². The van der Waals surface area contributed by atoms with Crippen LogP contribution in [0.3, 0.4) is 0 Å². The zero-order valence-corrected chi connectivity index (χ0v) is 17.8. The van der Waals surface area contributed by atoms with Crippen molar-refractivity contribution in [2.24, 2.45) is 16.2 Å². The molecule has 2 N–H and O–H groups in total. The Balaban J connectivity index is 2.09. The molecule has 1 saturated carbocycles. The van der Waals surface area contributed by atoms with E-state index in [4.69, 9.17) is 0 Å². The quantitative estimate of drug-likeness (QED) is 0.734. The van der Waals surface area contributed by atoms with E-state index in [1.54, 1.807) is 4.90 Å². The van der Waals surface area contributed by atoms with Crippen LogP contribution in [0.5, 0.6) is 0 Å². The van der Waals surface area contributed by atoms with Gasteiger partial charge in [0.05, 0.1) is 6.04 Å². The number of likely N-dealkylation sites (tertiary alicyclic amines) is 1. The van der Waals surface area contributed by atoms with Gasteiger partial charge in [-0.05, 0) is 69.6 Å². The molecule has 1 unspecified atom stereocenters. The van der Waals surface area contributed by atoms with Crippen molar-refractivity contribution >= 4 is 17.5 Å². The first kappa shape index (κ1) is 20.8. The number of piperidine rings is 1. The Morgan fingerprint density at radius 2 is 1.64 bits per heavy atom. The van der Waals surface area contributed by atoms with Crippen molar-refractivity contribution in [1.82, 2.24) is 9.62 Å². The molecule has 2 atom stereocenters. The van der Waals surface area contributed by atoms with Gasteiger partial charge in [-0.2, -0.15) is 0 Å². The van der Waals surface area contributed by atoms with Gasteiger partial charge in [0.15, 0.2) is 0 Å². The van der Waals surface area contributed by atoms with E-state index in [0.29, 0.717) is 13.1 Å². The summed E-state index contributed by atoms with van der Waals surface area (Å²) in [5.74, 6) is 0. The molecule has 1 aliphatic heterocycles. The van der Waals surface area contributed by atoms with Crippen LogP contribution in [0.2, 0.25) is 0 Å². The molecule has 1 amide bonds. The molecule has 2 fully saturated rings. The van der Waals surface area contributed by atoms with Gasteiger partial charge in [0, 0.05) is 24.5 Å². The van der Waals surface area contributed by atoms with E-state index in [2.05, 4.69) is 32.4 Å². The summed E-state index contributed by atoms with van der Waals surface area (Å²) in [6.45, 7) is 16.3. The summed E-state index contributed by atoms with van der Waals surface area (Å²) in [4.78, 5) is 12.7. The van der Waals surface area contributed by atoms with Crippen molar-refractivity contribution in [2.45, 2.75) is 84.9 Å². The molecule has 5 nitrogen and oxygen atoms in total. The Labute approximate surface area is 156 Å². The smallest absolute Gasteiger partial charge is 0.407 e. The molecule has 1 spiro atoms. The van der Waals surface area contributed by atoms with Crippen molar-refractivity contribution in [3.8, 4) is 0 Å². The van der Waals surface area contributed by atoms with Gasteiger partial charge >= 0.3 is 6.09 Å². The molecule has 1 saturated heterocycles. The van der Waals surface area contributed by atoms with E-state index >= 15 is 0 Å². The normalized spacial score (nSPS) is 25.4. The van der Waals surface area contributed by atoms with Crippen LogP contribution in [0, 0.1) is 16.2 Å². The number of hydrogen-bond acceptors (Lipinski definition) is 3. The van der Waals surface area contributed by atoms with Crippen LogP contribution >= 0.6 is 0 Å². The van der Waals surface area contributed by atoms with Crippen LogP contribution in [-0.2, 0) is 11.4 Å². The Kier molecular flexibility index (Phi) is 5.51. The highest BCUT2D eigenvalue weighted by Crippen LogP contribution is 2.67. The Bertz CT molecular complexity index is 494. The maximum atomic E-state index is 12.6. The molecule has 2 aliphatic rings. The highest BCUT2D eigenvalue weighted by Gasteiger charge is 2.62. The van der Waals surface area contributed by atoms with Crippen molar-refractivity contribution < 1.29 is 14.5 Å². The van der Waals surface area contributed by atoms with Crippen LogP contribution in [0.25, 0.3) is 0 Å². The van der Waals surface area contributed by atoms with Crippen molar-refractivity contribution in [3.63, 3.8) is 0 Å². The molecule has 25 heavy (non-hydrogen) atoms. The second-order valence-corrected chi connectivity index (χ2v) is 12.2. The summed E-state index contributed by atoms with van der Waals surface area (Å²) in [7, 11) is 0. The first-order valence-electron chi connectivity index (χ1n) is 9.38. The monoisotopic (exact) mass is 372 g/mol. The molecule has 1 heterocycles. The Morgan fingerprint density at radius 3 is 2.00 bits per heavy atom. The molecule has 0 radical (unpaired) electrons. The molecule has 0 aromatic carbocycles. The lowest BCUT2D eigenvalue weighted by molar-refractivity contribution is -0.150. The molecule has 146 valence electrons. The zero-order chi connectivity index (χ0) is 19.3. The van der Waals surface area contributed by atoms with Gasteiger partial charge in [-0.1, -0.05) is 20.8 Å². The van der Waals surface area contributed by atoms with E-state index in [0.717, 1.165) is 25.7 Å². The minimum atomic E-state index is -1.08. The molecule has 0 bridgehead atoms. The average molecular weight is 373 g/mol. The summed E-state index contributed by atoms with van der Waals surface area (Å²) < 4.78 is 15.7. The van der Waals surface area contributed by atoms with Gasteiger partial charge in [0.2, 0.25) is 0 Å². The van der Waals surface area contributed by atoms with Crippen LogP contribution in [0.1, 0.15) is 74.1 Å². The van der Waals surface area contributed by atoms with Crippen LogP contribution < -0.4 is 4.72 Å². The lowest BCUT2D eigenvalue weighted by Gasteiger charge is -2.66. The molecule has 0 aromatic rings. The Morgan fingerprint density at radius 1 is 1.16 bits per heavy atom. The highest BCUT2D eigenvalue weighted by molar-refractivity contribution is 7.90. The third kappa shape index (κ3) is 3.96. The van der Waals surface area contributed by atoms with Crippen LogP contribution in [-0.4, -0.2) is 44.5 Å². The van der Waals surface area contributed by atoms with Crippen LogP contribution in [0.4, 0.5) is 4.79 Å². The first-order valence-corrected chi connectivity index (χ1v) is 10.5. The maximum Gasteiger partial charge on any atom is 0.407 e. The zero-order valence-electron chi connectivity index (χ0n) is 16.9. The van der Waals surface area contributed by atoms with E-state index in [9.17, 15) is 14.5 Å². The standard InChI is InChI=1S/C19H36N2O3S/c1-14(20-25(24)17(5,6)7)19(16(2,3)4)12-18(13-19)8-10-21(11-9-18)15(22)23/h14,20H,8-13H2,1-7H3,(H,22,23)/t14-,25?/m0/s1. The second-order valence-electron chi connectivity index (χ2n) is 10.2. The largest absolute Gasteiger partial charge is 0.598 e. The third-order valence-electron chi connectivity index (χ3n) is 6.64. The van der Waals surface area contributed by atoms with E-state index in [-0.39, 0.29) is 27.0 Å². The summed E-state index contributed by atoms with van der Waals surface area (Å²) in [5, 5.41) is 9.18. The van der Waals surface area contributed by atoms with Gasteiger partial charge in [-0.3, -0.25) is 0 Å². The van der Waals surface area contributed by atoms with Gasteiger partial charge in [0.1, 0.15) is 4.75 Å². The fourth-order valence-electron chi connectivity index (χ4n) is 4.75. The van der Waals surface area contributed by atoms with Gasteiger partial charge in [-0.15, -0.1) is 4.72 Å². The predicted molar refractivity (Wildman–Crippen MR) is 103 cm³/mol. The van der Waals surface area contributed by atoms with Crippen molar-refractivity contribution in [3.05, 3.63) is 0 Å². The maximum absolute atomic E-state index is 12.6. The third-order valence-corrected chi connectivity index (χ3v) is 8.32. The van der Waals surface area contributed by atoms with Crippen LogP contribution in [0.15, 0.2) is 0 Å². The Hall–Kier alpha value is -0.460. The van der Waals surface area contributed by atoms with E-state index in [1.165, 1.54) is 0 Å². The number of rotatable bonds is 3. The molecule has 1 aliphatic carbocycles. The van der Waals surface area contributed by atoms with Gasteiger partial charge < -0.3 is 14.6 Å². The van der Waals surface area contributed by atoms with Gasteiger partial charge in [0.25, 0.3) is 0 Å². The number of hydrogen-bond donors (Lipinski definition) is 2. The summed E-state index contributed by atoms with van der Waals surface area (Å²) in [5.41, 5.74) is 0.467. The number of nitrogens with zero attached hydrogens (tertiary/aromatic N) is 1. The van der Waals surface area contributed by atoms with Crippen molar-refractivity contribution in [2.75, 3.05) is 13.1 Å². The highest BCUT2D eigenvalue weighted by atomic mass is 32.2. The predicted octanol–water partition coefficient (Wildman–Crippen LogP) is 4.01. The SMILES string of the molecule is C[C@H](N[S+]([O-])C(C)(C)C)C1(C(C)(C)C)CC2(CCN(C(=O)O)CC2)C1. The number of amides is 1. The number of nitrogens with one attached hydrogen (secondary N) is 1. The lowest BCUT2D eigenvalue weighted by Crippen LogP contribution is -2.65. The average Bonchev–Trinajstić information content (AvgIpc) is 2.41. The fourth-order valence-corrected chi connectivity index (χ4v) is 5.65. The van der Waals surface area contributed by atoms with E-state index in [1.807, 2.05) is 20.8 Å². The summed E-state index contributed by atoms with van der Waals surface area (Å²) >= 11 is -1.08. The lowest BCUT2D eigenvalue weighted by atomic mass is 9.41. The number of carboxylic acid groups (broad SMARTS) is 1. The second kappa shape index (κ2) is 6.61. The molecular formula is C19H36N2O3S. The molecular weight excluding hydrogens is 336 g/mol. The minimum Gasteiger partial charge on any atom is -0.598 e. The minimum absolute atomic E-state index is 0.0965. The molecule has 2 rings (SSSR count). The van der Waals surface area contributed by atoms with E-state index < -0.39 is 17.5 Å². The first-order chi connectivity index (χ1) is 11.2. The molecule has 0 aromatic heterocycles. The summed E-state index contributed by atoms with van der Waals surface area (Å²) in [6, 6.07) is 0.163. The van der Waals surface area contributed by atoms with Crippen molar-refractivity contribution in [1.29, 1.82) is 0 Å². The topological polar surface area (TPSA) is 75.6 Å². The molecule has 6 heteroatoms.